The van der Waals surface area contributed by atoms with Crippen LogP contribution in [0.15, 0.2) is 18.3 Å². The van der Waals surface area contributed by atoms with E-state index in [-0.39, 0.29) is 0 Å². The number of hydrogen-bond acceptors (Lipinski definition) is 2. The summed E-state index contributed by atoms with van der Waals surface area (Å²) in [6.45, 7) is 6.07. The summed E-state index contributed by atoms with van der Waals surface area (Å²) in [4.78, 5) is 4.27. The molecule has 2 heterocycles. The van der Waals surface area contributed by atoms with Crippen molar-refractivity contribution in [3.63, 3.8) is 0 Å². The first-order chi connectivity index (χ1) is 7.22. The van der Waals surface area contributed by atoms with Gasteiger partial charge in [-0.15, -0.1) is 0 Å². The van der Waals surface area contributed by atoms with Crippen LogP contribution in [0.5, 0.6) is 0 Å². The largest absolute Gasteiger partial charge is 0.266 e. The summed E-state index contributed by atoms with van der Waals surface area (Å²) in [6.07, 6.45) is 2.06. The van der Waals surface area contributed by atoms with Gasteiger partial charge in [0.1, 0.15) is 5.15 Å². The molecule has 2 rings (SSSR count). The molecule has 0 aliphatic heterocycles. The second-order valence-electron chi connectivity index (χ2n) is 2.71. The smallest absolute Gasteiger partial charge is 0.152 e. The van der Waals surface area contributed by atoms with Crippen LogP contribution < -0.4 is 0 Å². The Hall–Kier alpha value is 0.0600. The Labute approximate surface area is 111 Å². The molecule has 0 atom stereocenters. The summed E-state index contributed by atoms with van der Waals surface area (Å²) >= 11 is 8.04. The van der Waals surface area contributed by atoms with Gasteiger partial charge < -0.3 is 0 Å². The lowest BCUT2D eigenvalue weighted by Gasteiger charge is -1.96. The van der Waals surface area contributed by atoms with Crippen LogP contribution in [0.4, 0.5) is 0 Å². The van der Waals surface area contributed by atoms with Crippen LogP contribution in [0.2, 0.25) is 5.15 Å². The molecule has 5 heteroatoms. The van der Waals surface area contributed by atoms with Gasteiger partial charge in [-0.1, -0.05) is 25.4 Å². The van der Waals surface area contributed by atoms with E-state index in [0.717, 1.165) is 11.0 Å². The lowest BCUT2D eigenvalue weighted by Crippen LogP contribution is -1.83. The normalized spacial score (nSPS) is 9.93. The Kier molecular flexibility index (Phi) is 5.22. The predicted octanol–water partition coefficient (Wildman–Crippen LogP) is 4.87. The molecule has 0 fully saturated rings. The van der Waals surface area contributed by atoms with Crippen molar-refractivity contribution >= 4 is 53.0 Å². The third-order valence-corrected chi connectivity index (χ3v) is 3.77. The summed E-state index contributed by atoms with van der Waals surface area (Å²) in [5.41, 5.74) is 2.16. The molecule has 0 radical (unpaired) electrons. The average molecular weight is 355 g/mol. The molecule has 82 valence electrons. The fourth-order valence-electron chi connectivity index (χ4n) is 1.26. The number of halogens is 2. The molecule has 2 aromatic rings. The maximum absolute atomic E-state index is 5.82. The first-order valence-electron chi connectivity index (χ1n) is 4.65. The van der Waals surface area contributed by atoms with Gasteiger partial charge >= 0.3 is 0 Å². The molecule has 0 N–H and O–H groups in total. The quantitative estimate of drug-likeness (QED) is 0.537. The van der Waals surface area contributed by atoms with E-state index in [1.807, 2.05) is 30.0 Å². The predicted molar refractivity (Wildman–Crippen MR) is 77.8 cm³/mol. The molecule has 2 nitrogen and oxygen atoms in total. The lowest BCUT2D eigenvalue weighted by molar-refractivity contribution is 1.26. The molecule has 0 unspecified atom stereocenters. The monoisotopic (exact) mass is 354 g/mol. The minimum Gasteiger partial charge on any atom is -0.266 e. The van der Waals surface area contributed by atoms with E-state index in [1.54, 1.807) is 9.12 Å². The Morgan fingerprint density at radius 2 is 2.07 bits per heavy atom. The van der Waals surface area contributed by atoms with Gasteiger partial charge in [-0.2, -0.15) is 0 Å². The van der Waals surface area contributed by atoms with Crippen molar-refractivity contribution in [2.75, 3.05) is 0 Å². The van der Waals surface area contributed by atoms with Crippen molar-refractivity contribution in [3.05, 3.63) is 29.0 Å². The van der Waals surface area contributed by atoms with Crippen molar-refractivity contribution in [3.8, 4) is 0 Å². The third kappa shape index (κ3) is 2.79. The van der Waals surface area contributed by atoms with Gasteiger partial charge in [0.2, 0.25) is 0 Å². The van der Waals surface area contributed by atoms with Gasteiger partial charge in [0.05, 0.1) is 0 Å². The molecule has 0 saturated carbocycles. The van der Waals surface area contributed by atoms with Crippen LogP contribution in [-0.4, -0.2) is 8.96 Å². The van der Waals surface area contributed by atoms with E-state index in [0.29, 0.717) is 5.15 Å². The minimum atomic E-state index is 0.539. The summed E-state index contributed by atoms with van der Waals surface area (Å²) in [5.74, 6) is 0. The lowest BCUT2D eigenvalue weighted by atomic mass is 10.2. The number of fused-ring (bicyclic) bond motifs is 1. The van der Waals surface area contributed by atoms with E-state index < -0.39 is 0 Å². The van der Waals surface area contributed by atoms with Gasteiger partial charge in [0, 0.05) is 41.9 Å². The molecule has 15 heavy (non-hydrogen) atoms. The minimum absolute atomic E-state index is 0.539. The van der Waals surface area contributed by atoms with Crippen LogP contribution in [0.3, 0.4) is 0 Å². The number of nitrogens with zero attached hydrogens (tertiary/aromatic N) is 2. The number of pyridine rings is 1. The Morgan fingerprint density at radius 3 is 2.67 bits per heavy atom. The van der Waals surface area contributed by atoms with Gasteiger partial charge in [0.25, 0.3) is 0 Å². The summed E-state index contributed by atoms with van der Waals surface area (Å²) < 4.78 is 2.01. The zero-order valence-corrected chi connectivity index (χ0v) is 12.5. The van der Waals surface area contributed by atoms with E-state index in [1.165, 1.54) is 5.56 Å². The van der Waals surface area contributed by atoms with Crippen molar-refractivity contribution in [1.29, 1.82) is 0 Å². The molecule has 0 aromatic carbocycles. The second kappa shape index (κ2) is 5.96. The van der Waals surface area contributed by atoms with Crippen LogP contribution in [0.1, 0.15) is 19.4 Å². The highest BCUT2D eigenvalue weighted by atomic mass is 127. The van der Waals surface area contributed by atoms with Gasteiger partial charge in [0.15, 0.2) is 5.65 Å². The summed E-state index contributed by atoms with van der Waals surface area (Å²) in [6, 6.07) is 3.82. The van der Waals surface area contributed by atoms with E-state index in [2.05, 4.69) is 39.3 Å². The van der Waals surface area contributed by atoms with Crippen LogP contribution >= 0.6 is 41.9 Å². The van der Waals surface area contributed by atoms with Crippen LogP contribution in [-0.2, 0) is 0 Å². The SMILES string of the molecule is CC.Cc1cn(SI)c2nc(Cl)ccc12. The zero-order chi connectivity index (χ0) is 11.4. The Morgan fingerprint density at radius 1 is 1.40 bits per heavy atom. The highest BCUT2D eigenvalue weighted by Crippen LogP contribution is 2.27. The fourth-order valence-corrected chi connectivity index (χ4v) is 2.71. The summed E-state index contributed by atoms with van der Waals surface area (Å²) in [7, 11) is 1.59. The second-order valence-corrected chi connectivity index (χ2v) is 4.81. The van der Waals surface area contributed by atoms with Crippen LogP contribution in [0, 0.1) is 6.92 Å². The molecule has 0 aliphatic rings. The Balaban J connectivity index is 0.000000531. The molecular weight excluding hydrogens is 343 g/mol. The average Bonchev–Trinajstić information content (AvgIpc) is 2.58. The number of hydrogen-bond donors (Lipinski definition) is 0. The highest BCUT2D eigenvalue weighted by Gasteiger charge is 2.06. The molecule has 0 aliphatic carbocycles. The zero-order valence-electron chi connectivity index (χ0n) is 8.79. The fraction of sp³-hybridized carbons (Fsp3) is 0.300. The summed E-state index contributed by atoms with van der Waals surface area (Å²) in [5, 5.41) is 1.70. The van der Waals surface area contributed by atoms with Crippen molar-refractivity contribution in [2.45, 2.75) is 20.8 Å². The number of aromatic nitrogens is 2. The third-order valence-electron chi connectivity index (χ3n) is 1.86. The molecule has 2 aromatic heterocycles. The first kappa shape index (κ1) is 13.1. The Bertz CT molecular complexity index is 456. The van der Waals surface area contributed by atoms with E-state index >= 15 is 0 Å². The molecule has 0 bridgehead atoms. The van der Waals surface area contributed by atoms with Crippen molar-refractivity contribution in [2.24, 2.45) is 0 Å². The van der Waals surface area contributed by atoms with Gasteiger partial charge in [-0.05, 0) is 24.6 Å². The van der Waals surface area contributed by atoms with Crippen molar-refractivity contribution in [1.82, 2.24) is 8.96 Å². The number of aryl methyl sites for hydroxylation is 1. The van der Waals surface area contributed by atoms with E-state index in [4.69, 9.17) is 11.6 Å². The molecule has 0 amide bonds. The van der Waals surface area contributed by atoms with Gasteiger partial charge in [-0.25, -0.2) is 4.98 Å². The van der Waals surface area contributed by atoms with Gasteiger partial charge in [-0.3, -0.25) is 3.97 Å². The van der Waals surface area contributed by atoms with E-state index in [9.17, 15) is 0 Å². The topological polar surface area (TPSA) is 17.8 Å². The van der Waals surface area contributed by atoms with Crippen LogP contribution in [0.25, 0.3) is 11.0 Å². The highest BCUT2D eigenvalue weighted by molar-refractivity contribution is 14.2. The molecule has 0 saturated heterocycles. The molecule has 0 spiro atoms. The van der Waals surface area contributed by atoms with Crippen molar-refractivity contribution < 1.29 is 0 Å². The maximum atomic E-state index is 5.82. The number of rotatable bonds is 1. The first-order valence-corrected chi connectivity index (χ1v) is 8.35. The molecular formula is C10H12ClIN2S. The standard InChI is InChI=1S/C8H6ClIN2S.C2H6/c1-5-4-12(13-10)8-6(5)2-3-7(9)11-8;1-2/h2-4H,1H3;1-2H3. The maximum Gasteiger partial charge on any atom is 0.152 e.